The van der Waals surface area contributed by atoms with Gasteiger partial charge in [-0.1, -0.05) is 60.2 Å². The van der Waals surface area contributed by atoms with Crippen molar-refractivity contribution in [2.75, 3.05) is 0 Å². The van der Waals surface area contributed by atoms with Crippen molar-refractivity contribution in [3.8, 4) is 0 Å². The monoisotopic (exact) mass is 341 g/mol. The van der Waals surface area contributed by atoms with Crippen LogP contribution in [0.5, 0.6) is 0 Å². The van der Waals surface area contributed by atoms with Gasteiger partial charge in [0.2, 0.25) is 5.91 Å². The zero-order valence-electron chi connectivity index (χ0n) is 13.4. The van der Waals surface area contributed by atoms with Crippen LogP contribution in [-0.2, 0) is 14.8 Å². The summed E-state index contributed by atoms with van der Waals surface area (Å²) in [6, 6.07) is 15.8. The summed E-state index contributed by atoms with van der Waals surface area (Å²) in [5.41, 5.74) is 1.95. The van der Waals surface area contributed by atoms with Gasteiger partial charge >= 0.3 is 0 Å². The molecule has 124 valence electrons. The van der Waals surface area contributed by atoms with Crippen molar-refractivity contribution in [1.29, 1.82) is 0 Å². The number of hydrogen-bond donors (Lipinski definition) is 0. The summed E-state index contributed by atoms with van der Waals surface area (Å²) in [4.78, 5) is 12.3. The summed E-state index contributed by atoms with van der Waals surface area (Å²) in [5.74, 6) is -0.349. The number of amides is 1. The second-order valence-corrected chi connectivity index (χ2v) is 7.70. The van der Waals surface area contributed by atoms with Gasteiger partial charge in [0.05, 0.1) is 10.9 Å². The smallest absolute Gasteiger partial charge is 0.267 e. The molecule has 0 bridgehead atoms. The molecule has 1 saturated heterocycles. The maximum atomic E-state index is 12.8. The topological polar surface area (TPSA) is 54.5 Å². The predicted molar refractivity (Wildman–Crippen MR) is 93.7 cm³/mol. The van der Waals surface area contributed by atoms with Crippen LogP contribution in [0.4, 0.5) is 0 Å². The third-order valence-electron chi connectivity index (χ3n) is 4.09. The van der Waals surface area contributed by atoms with E-state index in [0.717, 1.165) is 15.4 Å². The van der Waals surface area contributed by atoms with Gasteiger partial charge in [-0.2, -0.15) is 0 Å². The number of hydrogen-bond acceptors (Lipinski definition) is 3. The van der Waals surface area contributed by atoms with Crippen LogP contribution in [0.2, 0.25) is 0 Å². The first-order valence-corrected chi connectivity index (χ1v) is 9.30. The Morgan fingerprint density at radius 3 is 2.38 bits per heavy atom. The van der Waals surface area contributed by atoms with Gasteiger partial charge in [-0.25, -0.2) is 12.7 Å². The fourth-order valence-electron chi connectivity index (χ4n) is 2.78. The van der Waals surface area contributed by atoms with Crippen LogP contribution in [0.3, 0.4) is 0 Å². The molecule has 4 nitrogen and oxygen atoms in total. The summed E-state index contributed by atoms with van der Waals surface area (Å²) in [7, 11) is -3.83. The van der Waals surface area contributed by atoms with Crippen LogP contribution >= 0.6 is 0 Å². The molecule has 0 aromatic heterocycles. The van der Waals surface area contributed by atoms with Crippen LogP contribution in [0.1, 0.15) is 24.0 Å². The normalized spacial score (nSPS) is 18.5. The van der Waals surface area contributed by atoms with Gasteiger partial charge < -0.3 is 0 Å². The van der Waals surface area contributed by atoms with Crippen molar-refractivity contribution in [3.05, 3.63) is 71.8 Å². The highest BCUT2D eigenvalue weighted by Gasteiger charge is 2.39. The Bertz CT molecular complexity index is 855. The molecule has 0 saturated carbocycles. The first-order valence-electron chi connectivity index (χ1n) is 7.86. The fraction of sp³-hybridized carbons (Fsp3) is 0.211. The van der Waals surface area contributed by atoms with Gasteiger partial charge in [0.25, 0.3) is 10.0 Å². The van der Waals surface area contributed by atoms with Crippen LogP contribution in [-0.4, -0.2) is 24.7 Å². The number of aryl methyl sites for hydroxylation is 1. The molecule has 0 aliphatic carbocycles. The van der Waals surface area contributed by atoms with Gasteiger partial charge in [-0.05, 0) is 31.0 Å². The first-order chi connectivity index (χ1) is 11.5. The summed E-state index contributed by atoms with van der Waals surface area (Å²) >= 11 is 0. The molecular formula is C19H19NO3S. The predicted octanol–water partition coefficient (Wildman–Crippen LogP) is 3.39. The number of benzene rings is 2. The molecule has 1 atom stereocenters. The molecule has 0 radical (unpaired) electrons. The van der Waals surface area contributed by atoms with Gasteiger partial charge in [0.1, 0.15) is 0 Å². The minimum absolute atomic E-state index is 0.154. The highest BCUT2D eigenvalue weighted by atomic mass is 32.2. The zero-order valence-corrected chi connectivity index (χ0v) is 14.2. The van der Waals surface area contributed by atoms with E-state index < -0.39 is 16.1 Å². The molecule has 0 N–H and O–H groups in total. The fourth-order valence-corrected chi connectivity index (χ4v) is 4.38. The first kappa shape index (κ1) is 16.5. The van der Waals surface area contributed by atoms with E-state index in [-0.39, 0.29) is 17.2 Å². The van der Waals surface area contributed by atoms with Crippen LogP contribution < -0.4 is 0 Å². The molecule has 1 fully saturated rings. The van der Waals surface area contributed by atoms with Gasteiger partial charge in [0, 0.05) is 6.42 Å². The molecule has 1 unspecified atom stereocenters. The Labute approximate surface area is 142 Å². The maximum Gasteiger partial charge on any atom is 0.267 e. The van der Waals surface area contributed by atoms with E-state index in [1.165, 1.54) is 0 Å². The zero-order chi connectivity index (χ0) is 17.2. The molecule has 24 heavy (non-hydrogen) atoms. The number of sulfonamides is 1. The summed E-state index contributed by atoms with van der Waals surface area (Å²) in [6.07, 6.45) is 4.41. The lowest BCUT2D eigenvalue weighted by molar-refractivity contribution is -0.124. The van der Waals surface area contributed by atoms with Crippen molar-refractivity contribution >= 4 is 22.0 Å². The van der Waals surface area contributed by atoms with Crippen molar-refractivity contribution in [2.24, 2.45) is 0 Å². The molecule has 2 aromatic rings. The van der Waals surface area contributed by atoms with E-state index in [1.54, 1.807) is 30.3 Å². The lowest BCUT2D eigenvalue weighted by atomic mass is 10.1. The van der Waals surface area contributed by atoms with Crippen molar-refractivity contribution in [1.82, 2.24) is 4.31 Å². The second-order valence-electron chi connectivity index (χ2n) is 5.88. The number of carbonyl (C=O) groups is 1. The quantitative estimate of drug-likeness (QED) is 0.856. The maximum absolute atomic E-state index is 12.8. The molecule has 3 rings (SSSR count). The van der Waals surface area contributed by atoms with E-state index in [0.29, 0.717) is 6.42 Å². The Hall–Kier alpha value is -2.40. The lowest BCUT2D eigenvalue weighted by Gasteiger charge is -2.22. The molecule has 2 aromatic carbocycles. The van der Waals surface area contributed by atoms with E-state index in [9.17, 15) is 13.2 Å². The van der Waals surface area contributed by atoms with Gasteiger partial charge in [-0.15, -0.1) is 0 Å². The highest BCUT2D eigenvalue weighted by molar-refractivity contribution is 7.89. The molecule has 1 aliphatic rings. The second kappa shape index (κ2) is 6.61. The standard InChI is InChI=1S/C19H19NO3S/c1-15-7-12-18(13-8-15)24(22,23)20-17(11-14-19(20)21)10-9-16-5-3-2-4-6-16/h2-10,12-13,17H,11,14H2,1H3/b10-9+. The average Bonchev–Trinajstić information content (AvgIpc) is 2.96. The molecule has 1 amide bonds. The van der Waals surface area contributed by atoms with Crippen LogP contribution in [0.15, 0.2) is 65.6 Å². The SMILES string of the molecule is Cc1ccc(S(=O)(=O)N2C(=O)CCC2/C=C/c2ccccc2)cc1. The summed E-state index contributed by atoms with van der Waals surface area (Å²) in [6.45, 7) is 1.89. The average molecular weight is 341 g/mol. The number of carbonyl (C=O) groups excluding carboxylic acids is 1. The van der Waals surface area contributed by atoms with Gasteiger partial charge in [-0.3, -0.25) is 4.79 Å². The minimum Gasteiger partial charge on any atom is -0.274 e. The molecule has 1 aliphatic heterocycles. The Kier molecular flexibility index (Phi) is 4.53. The van der Waals surface area contributed by atoms with E-state index in [4.69, 9.17) is 0 Å². The van der Waals surface area contributed by atoms with Crippen molar-refractivity contribution in [3.63, 3.8) is 0 Å². The molecular weight excluding hydrogens is 322 g/mol. The minimum atomic E-state index is -3.83. The highest BCUT2D eigenvalue weighted by Crippen LogP contribution is 2.28. The van der Waals surface area contributed by atoms with Crippen LogP contribution in [0, 0.1) is 6.92 Å². The Morgan fingerprint density at radius 1 is 1.04 bits per heavy atom. The molecule has 1 heterocycles. The summed E-state index contributed by atoms with van der Waals surface area (Å²) in [5, 5.41) is 0. The van der Waals surface area contributed by atoms with Crippen molar-refractivity contribution < 1.29 is 13.2 Å². The van der Waals surface area contributed by atoms with E-state index in [1.807, 2.05) is 43.3 Å². The van der Waals surface area contributed by atoms with Crippen LogP contribution in [0.25, 0.3) is 6.08 Å². The van der Waals surface area contributed by atoms with E-state index in [2.05, 4.69) is 0 Å². The summed E-state index contributed by atoms with van der Waals surface area (Å²) < 4.78 is 26.7. The third kappa shape index (κ3) is 3.26. The Balaban J connectivity index is 1.90. The Morgan fingerprint density at radius 2 is 1.71 bits per heavy atom. The molecule has 0 spiro atoms. The van der Waals surface area contributed by atoms with Crippen molar-refractivity contribution in [2.45, 2.75) is 30.7 Å². The number of nitrogens with zero attached hydrogens (tertiary/aromatic N) is 1. The largest absolute Gasteiger partial charge is 0.274 e. The van der Waals surface area contributed by atoms with E-state index >= 15 is 0 Å². The lowest BCUT2D eigenvalue weighted by Crippen LogP contribution is -2.37. The van der Waals surface area contributed by atoms with Gasteiger partial charge in [0.15, 0.2) is 0 Å². The molecule has 5 heteroatoms. The third-order valence-corrected chi connectivity index (χ3v) is 5.95. The number of rotatable bonds is 4.